The van der Waals surface area contributed by atoms with Crippen LogP contribution in [0.5, 0.6) is 0 Å². The molecule has 3 N–H and O–H groups in total. The highest BCUT2D eigenvalue weighted by Crippen LogP contribution is 2.26. The van der Waals surface area contributed by atoms with E-state index in [9.17, 15) is 9.90 Å². The summed E-state index contributed by atoms with van der Waals surface area (Å²) in [5.41, 5.74) is 8.58. The summed E-state index contributed by atoms with van der Waals surface area (Å²) in [6.45, 7) is 5.90. The van der Waals surface area contributed by atoms with Crippen LogP contribution in [0.2, 0.25) is 0 Å². The second-order valence-electron chi connectivity index (χ2n) is 6.08. The Kier molecular flexibility index (Phi) is 3.70. The third-order valence-corrected chi connectivity index (χ3v) is 4.38. The summed E-state index contributed by atoms with van der Waals surface area (Å²) in [5.74, 6) is 0. The van der Waals surface area contributed by atoms with Crippen molar-refractivity contribution in [2.75, 3.05) is 18.8 Å². The highest BCUT2D eigenvalue weighted by atomic mass is 16.4. The van der Waals surface area contributed by atoms with Crippen molar-refractivity contribution in [2.45, 2.75) is 32.5 Å². The molecule has 3 rings (SSSR count). The lowest BCUT2D eigenvalue weighted by molar-refractivity contribution is 0.0398. The topological polar surface area (TPSA) is 82.9 Å². The van der Waals surface area contributed by atoms with E-state index in [0.29, 0.717) is 25.3 Å². The van der Waals surface area contributed by atoms with Crippen LogP contribution in [-0.2, 0) is 6.54 Å². The zero-order valence-corrected chi connectivity index (χ0v) is 12.8. The molecule has 1 aliphatic heterocycles. The van der Waals surface area contributed by atoms with E-state index in [-0.39, 0.29) is 12.1 Å². The van der Waals surface area contributed by atoms with Gasteiger partial charge in [0, 0.05) is 48.4 Å². The molecule has 1 amide bonds. The van der Waals surface area contributed by atoms with Crippen LogP contribution in [0.3, 0.4) is 0 Å². The molecule has 2 atom stereocenters. The fraction of sp³-hybridized carbons (Fsp3) is 0.438. The Labute approximate surface area is 129 Å². The van der Waals surface area contributed by atoms with Crippen LogP contribution in [0.1, 0.15) is 19.4 Å². The summed E-state index contributed by atoms with van der Waals surface area (Å²) >= 11 is 0. The minimum Gasteiger partial charge on any atom is -0.465 e. The number of fused-ring (bicyclic) bond motifs is 1. The van der Waals surface area contributed by atoms with Crippen LogP contribution in [0.15, 0.2) is 28.9 Å². The molecule has 118 valence electrons. The van der Waals surface area contributed by atoms with Gasteiger partial charge in [-0.25, -0.2) is 4.79 Å². The number of carbonyl (C=O) groups is 1. The summed E-state index contributed by atoms with van der Waals surface area (Å²) in [6, 6.07) is 5.87. The van der Waals surface area contributed by atoms with Crippen molar-refractivity contribution in [3.8, 4) is 0 Å². The molecule has 0 bridgehead atoms. The second kappa shape index (κ2) is 5.53. The predicted octanol–water partition coefficient (Wildman–Crippen LogP) is 2.59. The average molecular weight is 303 g/mol. The Morgan fingerprint density at radius 1 is 1.36 bits per heavy atom. The Bertz CT molecular complexity index is 697. The summed E-state index contributed by atoms with van der Waals surface area (Å²) < 4.78 is 5.58. The Balaban J connectivity index is 1.83. The zero-order chi connectivity index (χ0) is 15.9. The van der Waals surface area contributed by atoms with Gasteiger partial charge in [0.15, 0.2) is 0 Å². The van der Waals surface area contributed by atoms with E-state index < -0.39 is 6.09 Å². The van der Waals surface area contributed by atoms with E-state index in [1.54, 1.807) is 6.26 Å². The normalized spacial score (nSPS) is 23.1. The SMILES string of the molecule is CC1CN(C(=O)O)C(C)CN1Cc1cc(N)cc2ccoc12. The van der Waals surface area contributed by atoms with Gasteiger partial charge < -0.3 is 20.2 Å². The molecule has 0 aliphatic carbocycles. The van der Waals surface area contributed by atoms with E-state index >= 15 is 0 Å². The zero-order valence-electron chi connectivity index (χ0n) is 12.8. The van der Waals surface area contributed by atoms with Gasteiger partial charge >= 0.3 is 6.09 Å². The van der Waals surface area contributed by atoms with Gasteiger partial charge in [0.1, 0.15) is 5.58 Å². The molecular weight excluding hydrogens is 282 g/mol. The first-order valence-electron chi connectivity index (χ1n) is 7.45. The van der Waals surface area contributed by atoms with E-state index in [1.165, 1.54) is 4.90 Å². The van der Waals surface area contributed by atoms with Crippen LogP contribution in [0.25, 0.3) is 11.0 Å². The standard InChI is InChI=1S/C16H21N3O3/c1-10-8-19(16(20)21)11(2)7-18(10)9-13-6-14(17)5-12-3-4-22-15(12)13/h3-6,10-11H,7-9,17H2,1-2H3,(H,20,21). The molecule has 1 aliphatic rings. The first-order valence-corrected chi connectivity index (χ1v) is 7.45. The lowest BCUT2D eigenvalue weighted by atomic mass is 10.1. The third-order valence-electron chi connectivity index (χ3n) is 4.38. The van der Waals surface area contributed by atoms with E-state index in [2.05, 4.69) is 4.90 Å². The average Bonchev–Trinajstić information content (AvgIpc) is 2.90. The summed E-state index contributed by atoms with van der Waals surface area (Å²) in [7, 11) is 0. The number of hydrogen-bond donors (Lipinski definition) is 2. The highest BCUT2D eigenvalue weighted by molar-refractivity contribution is 5.83. The molecule has 6 nitrogen and oxygen atoms in total. The Morgan fingerprint density at radius 3 is 2.86 bits per heavy atom. The molecule has 0 radical (unpaired) electrons. The fourth-order valence-corrected chi connectivity index (χ4v) is 3.20. The molecular formula is C16H21N3O3. The maximum Gasteiger partial charge on any atom is 0.407 e. The van der Waals surface area contributed by atoms with Crippen LogP contribution in [0, 0.1) is 0 Å². The molecule has 6 heteroatoms. The largest absolute Gasteiger partial charge is 0.465 e. The number of furan rings is 1. The summed E-state index contributed by atoms with van der Waals surface area (Å²) in [6.07, 6.45) is 0.818. The van der Waals surface area contributed by atoms with E-state index in [1.807, 2.05) is 32.0 Å². The molecule has 1 fully saturated rings. The number of nitrogen functional groups attached to an aromatic ring is 1. The molecule has 1 saturated heterocycles. The molecule has 22 heavy (non-hydrogen) atoms. The Hall–Kier alpha value is -2.21. The molecule has 1 aromatic carbocycles. The number of rotatable bonds is 2. The first-order chi connectivity index (χ1) is 10.5. The van der Waals surface area contributed by atoms with Crippen molar-refractivity contribution in [3.05, 3.63) is 30.0 Å². The number of piperazine rings is 1. The van der Waals surface area contributed by atoms with Crippen LogP contribution < -0.4 is 5.73 Å². The van der Waals surface area contributed by atoms with Crippen LogP contribution in [0.4, 0.5) is 10.5 Å². The minimum absolute atomic E-state index is 0.0261. The highest BCUT2D eigenvalue weighted by Gasteiger charge is 2.32. The molecule has 2 heterocycles. The van der Waals surface area contributed by atoms with Crippen molar-refractivity contribution in [1.82, 2.24) is 9.80 Å². The quantitative estimate of drug-likeness (QED) is 0.833. The van der Waals surface area contributed by atoms with Crippen molar-refractivity contribution in [3.63, 3.8) is 0 Å². The van der Waals surface area contributed by atoms with Gasteiger partial charge in [0.05, 0.1) is 6.26 Å². The summed E-state index contributed by atoms with van der Waals surface area (Å²) in [5, 5.41) is 10.2. The van der Waals surface area contributed by atoms with Gasteiger partial charge in [-0.3, -0.25) is 4.90 Å². The molecule has 0 saturated carbocycles. The van der Waals surface area contributed by atoms with E-state index in [0.717, 1.165) is 16.5 Å². The van der Waals surface area contributed by atoms with Gasteiger partial charge in [0.2, 0.25) is 0 Å². The van der Waals surface area contributed by atoms with Gasteiger partial charge in [0.25, 0.3) is 0 Å². The maximum atomic E-state index is 11.2. The van der Waals surface area contributed by atoms with E-state index in [4.69, 9.17) is 10.2 Å². The molecule has 1 aromatic heterocycles. The summed E-state index contributed by atoms with van der Waals surface area (Å²) in [4.78, 5) is 15.0. The van der Waals surface area contributed by atoms with Gasteiger partial charge in [-0.2, -0.15) is 0 Å². The lowest BCUT2D eigenvalue weighted by Gasteiger charge is -2.42. The monoisotopic (exact) mass is 303 g/mol. The number of amides is 1. The lowest BCUT2D eigenvalue weighted by Crippen LogP contribution is -2.57. The smallest absolute Gasteiger partial charge is 0.407 e. The first kappa shape index (κ1) is 14.7. The van der Waals surface area contributed by atoms with Crippen molar-refractivity contribution in [1.29, 1.82) is 0 Å². The van der Waals surface area contributed by atoms with Crippen molar-refractivity contribution >= 4 is 22.7 Å². The van der Waals surface area contributed by atoms with Crippen molar-refractivity contribution in [2.24, 2.45) is 0 Å². The van der Waals surface area contributed by atoms with Crippen LogP contribution in [-0.4, -0.2) is 46.2 Å². The number of nitrogens with two attached hydrogens (primary N) is 1. The molecule has 2 aromatic rings. The number of carboxylic acid groups (broad SMARTS) is 1. The molecule has 0 spiro atoms. The predicted molar refractivity (Wildman–Crippen MR) is 84.7 cm³/mol. The van der Waals surface area contributed by atoms with Gasteiger partial charge in [-0.15, -0.1) is 0 Å². The number of nitrogens with zero attached hydrogens (tertiary/aromatic N) is 2. The van der Waals surface area contributed by atoms with Crippen LogP contribution >= 0.6 is 0 Å². The third kappa shape index (κ3) is 2.62. The minimum atomic E-state index is -0.851. The van der Waals surface area contributed by atoms with Gasteiger partial charge in [-0.1, -0.05) is 0 Å². The Morgan fingerprint density at radius 2 is 2.14 bits per heavy atom. The van der Waals surface area contributed by atoms with Crippen molar-refractivity contribution < 1.29 is 14.3 Å². The number of anilines is 1. The van der Waals surface area contributed by atoms with Gasteiger partial charge in [-0.05, 0) is 32.0 Å². The molecule has 2 unspecified atom stereocenters. The maximum absolute atomic E-state index is 11.2. The number of benzene rings is 1. The fourth-order valence-electron chi connectivity index (χ4n) is 3.20. The number of hydrogen-bond acceptors (Lipinski definition) is 4. The second-order valence-corrected chi connectivity index (χ2v) is 6.08.